The van der Waals surface area contributed by atoms with Crippen LogP contribution >= 0.6 is 7.82 Å². The summed E-state index contributed by atoms with van der Waals surface area (Å²) >= 11 is 0. The first-order chi connectivity index (χ1) is 21.1. The molecule has 0 heterocycles. The van der Waals surface area contributed by atoms with E-state index in [0.29, 0.717) is 13.2 Å². The highest BCUT2D eigenvalue weighted by Gasteiger charge is 2.29. The van der Waals surface area contributed by atoms with E-state index in [2.05, 4.69) is 13.8 Å². The monoisotopic (exact) mass is 635 g/mol. The van der Waals surface area contributed by atoms with Crippen LogP contribution in [0.15, 0.2) is 0 Å². The Labute approximate surface area is 268 Å². The van der Waals surface area contributed by atoms with Gasteiger partial charge in [-0.3, -0.25) is 13.6 Å². The van der Waals surface area contributed by atoms with Crippen LogP contribution in [0, 0.1) is 0 Å². The number of hydrogen-bond donors (Lipinski definition) is 1. The molecule has 0 aromatic carbocycles. The summed E-state index contributed by atoms with van der Waals surface area (Å²) in [6, 6.07) is 0. The normalized spacial score (nSPS) is 13.9. The summed E-state index contributed by atoms with van der Waals surface area (Å²) in [7, 11) is -2.36. The molecule has 43 heavy (non-hydrogen) atoms. The molecule has 0 aliphatic rings. The van der Waals surface area contributed by atoms with E-state index in [4.69, 9.17) is 18.3 Å². The first-order valence-electron chi connectivity index (χ1n) is 18.8. The van der Waals surface area contributed by atoms with Gasteiger partial charge in [0.2, 0.25) is 0 Å². The molecule has 0 aliphatic heterocycles. The fourth-order valence-electron chi connectivity index (χ4n) is 5.51. The Kier molecular flexibility index (Phi) is 34.9. The van der Waals surface area contributed by atoms with Crippen molar-refractivity contribution in [2.75, 3.05) is 33.5 Å². The van der Waals surface area contributed by atoms with E-state index in [1.807, 2.05) is 0 Å². The van der Waals surface area contributed by atoms with E-state index in [-0.39, 0.29) is 13.2 Å². The van der Waals surface area contributed by atoms with Gasteiger partial charge in [0.05, 0.1) is 19.8 Å². The van der Waals surface area contributed by atoms with Gasteiger partial charge in [0.1, 0.15) is 6.10 Å². The largest absolute Gasteiger partial charge is 0.474 e. The quantitative estimate of drug-likeness (QED) is 0.0541. The molecular formula is C36H75O6P. The third kappa shape index (κ3) is 31.8. The molecular weight excluding hydrogens is 559 g/mol. The van der Waals surface area contributed by atoms with Crippen LogP contribution in [-0.4, -0.2) is 44.7 Å². The van der Waals surface area contributed by atoms with Gasteiger partial charge in [0.25, 0.3) is 0 Å². The topological polar surface area (TPSA) is 74.2 Å². The molecule has 0 rings (SSSR count). The van der Waals surface area contributed by atoms with Crippen LogP contribution in [0.4, 0.5) is 0 Å². The fraction of sp³-hybridized carbons (Fsp3) is 1.00. The maximum absolute atomic E-state index is 12.8. The van der Waals surface area contributed by atoms with E-state index >= 15 is 0 Å². The van der Waals surface area contributed by atoms with Crippen LogP contribution in [0.2, 0.25) is 0 Å². The van der Waals surface area contributed by atoms with Crippen LogP contribution in [0.3, 0.4) is 0 Å². The summed E-state index contributed by atoms with van der Waals surface area (Å²) in [6.45, 7) is 5.40. The van der Waals surface area contributed by atoms with Gasteiger partial charge in [0.15, 0.2) is 0 Å². The zero-order chi connectivity index (χ0) is 31.5. The molecule has 0 bridgehead atoms. The second-order valence-electron chi connectivity index (χ2n) is 12.6. The third-order valence-corrected chi connectivity index (χ3v) is 9.90. The minimum Gasteiger partial charge on any atom is -0.394 e. The Morgan fingerprint density at radius 2 is 0.837 bits per heavy atom. The van der Waals surface area contributed by atoms with Crippen molar-refractivity contribution in [3.05, 3.63) is 0 Å². The lowest BCUT2D eigenvalue weighted by Gasteiger charge is -2.21. The summed E-state index contributed by atoms with van der Waals surface area (Å²) in [4.78, 5) is 0. The molecule has 0 aromatic heterocycles. The lowest BCUT2D eigenvalue weighted by atomic mass is 10.0. The van der Waals surface area contributed by atoms with Gasteiger partial charge >= 0.3 is 7.82 Å². The Balaban J connectivity index is 3.63. The molecule has 0 spiro atoms. The van der Waals surface area contributed by atoms with Crippen LogP contribution in [0.1, 0.15) is 194 Å². The standard InChI is InChI=1S/C36H75O6P/c1-4-6-8-10-12-14-16-18-20-22-24-26-28-30-32-40-35-36(34-37)42-43(38,39-3)41-33-31-29-27-25-23-21-19-17-15-13-11-9-7-5-2/h36-37H,4-35H2,1-3H3. The lowest BCUT2D eigenvalue weighted by molar-refractivity contribution is -0.00488. The molecule has 0 fully saturated rings. The maximum atomic E-state index is 12.8. The van der Waals surface area contributed by atoms with Crippen molar-refractivity contribution in [2.24, 2.45) is 0 Å². The molecule has 260 valence electrons. The highest BCUT2D eigenvalue weighted by Crippen LogP contribution is 2.49. The second-order valence-corrected chi connectivity index (χ2v) is 14.4. The molecule has 0 saturated carbocycles. The molecule has 0 radical (unpaired) electrons. The minimum absolute atomic E-state index is 0.185. The molecule has 0 aromatic rings. The van der Waals surface area contributed by atoms with Gasteiger partial charge in [-0.2, -0.15) is 0 Å². The van der Waals surface area contributed by atoms with Crippen molar-refractivity contribution in [2.45, 2.75) is 200 Å². The van der Waals surface area contributed by atoms with Gasteiger partial charge < -0.3 is 9.84 Å². The number of rotatable bonds is 37. The maximum Gasteiger partial charge on any atom is 0.474 e. The third-order valence-electron chi connectivity index (χ3n) is 8.40. The highest BCUT2D eigenvalue weighted by atomic mass is 31.2. The number of aliphatic hydroxyl groups is 1. The average Bonchev–Trinajstić information content (AvgIpc) is 3.02. The molecule has 0 amide bonds. The van der Waals surface area contributed by atoms with E-state index in [1.165, 1.54) is 161 Å². The predicted molar refractivity (Wildman–Crippen MR) is 184 cm³/mol. The summed E-state index contributed by atoms with van der Waals surface area (Å²) in [5.74, 6) is 0. The van der Waals surface area contributed by atoms with E-state index in [0.717, 1.165) is 25.7 Å². The minimum atomic E-state index is -3.69. The lowest BCUT2D eigenvalue weighted by Crippen LogP contribution is -2.24. The number of phosphoric ester groups is 1. The molecule has 1 N–H and O–H groups in total. The Morgan fingerprint density at radius 1 is 0.512 bits per heavy atom. The molecule has 0 aliphatic carbocycles. The zero-order valence-corrected chi connectivity index (χ0v) is 30.0. The van der Waals surface area contributed by atoms with Crippen LogP contribution in [-0.2, 0) is 22.9 Å². The van der Waals surface area contributed by atoms with Crippen molar-refractivity contribution in [1.29, 1.82) is 0 Å². The van der Waals surface area contributed by atoms with Gasteiger partial charge in [-0.1, -0.05) is 181 Å². The summed E-state index contributed by atoms with van der Waals surface area (Å²) in [5.41, 5.74) is 0. The van der Waals surface area contributed by atoms with Gasteiger partial charge in [-0.25, -0.2) is 4.57 Å². The van der Waals surface area contributed by atoms with Crippen molar-refractivity contribution in [1.82, 2.24) is 0 Å². The van der Waals surface area contributed by atoms with Crippen molar-refractivity contribution >= 4 is 7.82 Å². The van der Waals surface area contributed by atoms with E-state index in [9.17, 15) is 9.67 Å². The van der Waals surface area contributed by atoms with Gasteiger partial charge in [0, 0.05) is 13.7 Å². The van der Waals surface area contributed by atoms with E-state index < -0.39 is 13.9 Å². The molecule has 0 saturated heterocycles. The van der Waals surface area contributed by atoms with Crippen molar-refractivity contribution in [3.63, 3.8) is 0 Å². The number of hydrogen-bond acceptors (Lipinski definition) is 6. The molecule has 7 heteroatoms. The molecule has 6 nitrogen and oxygen atoms in total. The first kappa shape index (κ1) is 43.0. The summed E-state index contributed by atoms with van der Waals surface area (Å²) in [5, 5.41) is 9.68. The molecule has 2 unspecified atom stereocenters. The average molecular weight is 635 g/mol. The Hall–Kier alpha value is 0.0300. The van der Waals surface area contributed by atoms with Gasteiger partial charge in [-0.05, 0) is 12.8 Å². The van der Waals surface area contributed by atoms with E-state index in [1.54, 1.807) is 0 Å². The zero-order valence-electron chi connectivity index (χ0n) is 29.1. The fourth-order valence-corrected chi connectivity index (χ4v) is 6.61. The smallest absolute Gasteiger partial charge is 0.394 e. The number of unbranched alkanes of at least 4 members (excludes halogenated alkanes) is 26. The van der Waals surface area contributed by atoms with Crippen LogP contribution in [0.25, 0.3) is 0 Å². The number of ether oxygens (including phenoxy) is 1. The van der Waals surface area contributed by atoms with Crippen molar-refractivity contribution in [3.8, 4) is 0 Å². The SMILES string of the molecule is CCCCCCCCCCCCCCCCOCC(CO)OP(=O)(OC)OCCCCCCCCCCCCCCCC. The second kappa shape index (κ2) is 34.9. The van der Waals surface area contributed by atoms with Crippen LogP contribution in [0.5, 0.6) is 0 Å². The number of aliphatic hydroxyl groups excluding tert-OH is 1. The van der Waals surface area contributed by atoms with Crippen molar-refractivity contribution < 1.29 is 28.0 Å². The summed E-state index contributed by atoms with van der Waals surface area (Å²) in [6.07, 6.45) is 35.8. The first-order valence-corrected chi connectivity index (χ1v) is 20.2. The molecule has 2 atom stereocenters. The number of phosphoric acid groups is 1. The predicted octanol–water partition coefficient (Wildman–Crippen LogP) is 12.1. The van der Waals surface area contributed by atoms with Gasteiger partial charge in [-0.15, -0.1) is 0 Å². The Morgan fingerprint density at radius 3 is 1.16 bits per heavy atom. The highest BCUT2D eigenvalue weighted by molar-refractivity contribution is 7.48. The summed E-state index contributed by atoms with van der Waals surface area (Å²) < 4.78 is 34.6. The van der Waals surface area contributed by atoms with Crippen LogP contribution < -0.4 is 0 Å². The Bertz CT molecular complexity index is 576.